The summed E-state index contributed by atoms with van der Waals surface area (Å²) < 4.78 is 24.5. The smallest absolute Gasteiger partial charge is 0.280 e. The lowest BCUT2D eigenvalue weighted by molar-refractivity contribution is -0.0583. The molecule has 0 aliphatic carbocycles. The van der Waals surface area contributed by atoms with Gasteiger partial charge in [0.1, 0.15) is 36.6 Å². The van der Waals surface area contributed by atoms with Crippen LogP contribution in [-0.4, -0.2) is 124 Å². The summed E-state index contributed by atoms with van der Waals surface area (Å²) >= 11 is 0. The van der Waals surface area contributed by atoms with Crippen molar-refractivity contribution < 1.29 is 39.4 Å². The van der Waals surface area contributed by atoms with Crippen LogP contribution >= 0.6 is 0 Å². The third kappa shape index (κ3) is 4.98. The van der Waals surface area contributed by atoms with Gasteiger partial charge in [-0.3, -0.25) is 28.7 Å². The van der Waals surface area contributed by atoms with Crippen molar-refractivity contribution >= 4 is 34.2 Å². The molecule has 4 aromatic heterocycles. The number of nitrogens with two attached hydrogens (primary N) is 2. The van der Waals surface area contributed by atoms with E-state index in [1.807, 2.05) is 0 Å². The van der Waals surface area contributed by atoms with E-state index in [9.17, 15) is 30.0 Å². The van der Waals surface area contributed by atoms with E-state index in [4.69, 9.17) is 30.4 Å². The molecular formula is C22H30N10O10. The van der Waals surface area contributed by atoms with Gasteiger partial charge in [-0.05, 0) is 0 Å². The van der Waals surface area contributed by atoms with E-state index in [-0.39, 0.29) is 47.4 Å². The predicted octanol–water partition coefficient (Wildman–Crippen LogP) is -4.07. The number of rotatable bonds is 6. The quantitative estimate of drug-likeness (QED) is 0.105. The number of aromatic amines is 2. The first-order chi connectivity index (χ1) is 20.1. The molecule has 0 amide bonds. The number of nitrogens with zero attached hydrogens (tertiary/aromatic N) is 6. The van der Waals surface area contributed by atoms with Gasteiger partial charge in [0.25, 0.3) is 11.1 Å². The fourth-order valence-corrected chi connectivity index (χ4v) is 4.95. The van der Waals surface area contributed by atoms with E-state index >= 15 is 0 Å². The Morgan fingerprint density at radius 2 is 1.19 bits per heavy atom. The van der Waals surface area contributed by atoms with Crippen LogP contribution in [0.1, 0.15) is 12.5 Å². The van der Waals surface area contributed by atoms with Gasteiger partial charge in [0, 0.05) is 14.2 Å². The van der Waals surface area contributed by atoms with Crippen LogP contribution in [0.15, 0.2) is 22.2 Å². The van der Waals surface area contributed by atoms with Crippen molar-refractivity contribution in [3.63, 3.8) is 0 Å². The Morgan fingerprint density at radius 1 is 0.810 bits per heavy atom. The number of imidazole rings is 2. The highest BCUT2D eigenvalue weighted by molar-refractivity contribution is 5.71. The molecule has 0 unspecified atom stereocenters. The molecule has 8 atom stereocenters. The molecule has 0 spiro atoms. The largest absolute Gasteiger partial charge is 0.394 e. The average Bonchev–Trinajstić information content (AvgIpc) is 3.71. The average molecular weight is 595 g/mol. The Balaban J connectivity index is 0.000000168. The first-order valence-electron chi connectivity index (χ1n) is 12.5. The lowest BCUT2D eigenvalue weighted by Gasteiger charge is -2.19. The molecule has 4 aromatic rings. The maximum atomic E-state index is 11.8. The minimum atomic E-state index is -1.01. The minimum absolute atomic E-state index is 0.0551. The van der Waals surface area contributed by atoms with Gasteiger partial charge in [-0.25, -0.2) is 9.97 Å². The highest BCUT2D eigenvalue weighted by atomic mass is 16.6. The number of anilines is 2. The van der Waals surface area contributed by atoms with E-state index in [1.54, 1.807) is 0 Å². The van der Waals surface area contributed by atoms with E-state index in [2.05, 4.69) is 29.9 Å². The molecule has 2 fully saturated rings. The maximum Gasteiger partial charge on any atom is 0.280 e. The van der Waals surface area contributed by atoms with E-state index in [0.29, 0.717) is 0 Å². The van der Waals surface area contributed by atoms with Crippen molar-refractivity contribution in [2.45, 2.75) is 49.1 Å². The molecule has 0 saturated carbocycles. The zero-order valence-corrected chi connectivity index (χ0v) is 22.3. The molecule has 0 aromatic carbocycles. The van der Waals surface area contributed by atoms with Crippen molar-refractivity contribution in [2.75, 3.05) is 38.9 Å². The van der Waals surface area contributed by atoms with Crippen molar-refractivity contribution in [3.05, 3.63) is 33.4 Å². The molecular weight excluding hydrogens is 564 g/mol. The Bertz CT molecular complexity index is 1550. The normalized spacial score (nSPS) is 29.3. The van der Waals surface area contributed by atoms with Gasteiger partial charge >= 0.3 is 0 Å². The number of H-pyrrole nitrogens is 2. The second-order valence-electron chi connectivity index (χ2n) is 9.43. The predicted molar refractivity (Wildman–Crippen MR) is 141 cm³/mol. The van der Waals surface area contributed by atoms with Gasteiger partial charge in [-0.15, -0.1) is 0 Å². The number of aromatic nitrogens is 8. The molecule has 228 valence electrons. The SMILES string of the molecule is CO[C@@H]1[C@H](O)[C@@H](CO)O[C@H]1n1cnc2c(=O)[nH]c(N)nc21.CO[C@@H]1[C@H](O)[C@@H](CO)O[C@H]1n1cnc2c(=O)[nH]c(N)nc21. The van der Waals surface area contributed by atoms with E-state index in [1.165, 1.54) is 36.0 Å². The minimum Gasteiger partial charge on any atom is -0.394 e. The van der Waals surface area contributed by atoms with Gasteiger partial charge in [0.15, 0.2) is 34.8 Å². The summed E-state index contributed by atoms with van der Waals surface area (Å²) in [5, 5.41) is 38.5. The molecule has 2 aliphatic rings. The van der Waals surface area contributed by atoms with Crippen LogP contribution in [0.5, 0.6) is 0 Å². The van der Waals surface area contributed by atoms with Crippen molar-refractivity contribution in [1.82, 2.24) is 39.0 Å². The first kappa shape index (κ1) is 29.5. The summed E-state index contributed by atoms with van der Waals surface area (Å²) in [4.78, 5) is 44.2. The second kappa shape index (κ2) is 11.7. The first-order valence-corrected chi connectivity index (χ1v) is 12.5. The van der Waals surface area contributed by atoms with Crippen LogP contribution in [0.3, 0.4) is 0 Å². The number of aliphatic hydroxyl groups is 4. The fourth-order valence-electron chi connectivity index (χ4n) is 4.95. The lowest BCUT2D eigenvalue weighted by Crippen LogP contribution is -2.34. The van der Waals surface area contributed by atoms with Gasteiger partial charge in [0.2, 0.25) is 11.9 Å². The van der Waals surface area contributed by atoms with Crippen LogP contribution in [0.2, 0.25) is 0 Å². The maximum absolute atomic E-state index is 11.8. The van der Waals surface area contributed by atoms with Gasteiger partial charge in [-0.1, -0.05) is 0 Å². The molecule has 2 saturated heterocycles. The Morgan fingerprint density at radius 3 is 1.52 bits per heavy atom. The third-order valence-corrected chi connectivity index (χ3v) is 6.98. The van der Waals surface area contributed by atoms with Crippen molar-refractivity contribution in [1.29, 1.82) is 0 Å². The lowest BCUT2D eigenvalue weighted by atomic mass is 10.1. The topological polar surface area (TPSA) is 297 Å². The molecule has 0 bridgehead atoms. The van der Waals surface area contributed by atoms with Crippen LogP contribution in [0.25, 0.3) is 22.3 Å². The van der Waals surface area contributed by atoms with Gasteiger partial charge in [-0.2, -0.15) is 9.97 Å². The van der Waals surface area contributed by atoms with Crippen molar-refractivity contribution in [2.24, 2.45) is 0 Å². The molecule has 0 radical (unpaired) electrons. The standard InChI is InChI=1S/2C11H15N5O5/c2*1-20-7-6(18)4(2-17)21-10(7)16-3-13-5-8(16)14-11(12)15-9(5)19/h2*3-4,6-7,10,17-18H,2H2,1H3,(H3,12,14,15,19)/t2*4-,6-,7-,10-/m11/s1. The highest BCUT2D eigenvalue weighted by Crippen LogP contribution is 2.33. The summed E-state index contributed by atoms with van der Waals surface area (Å²) in [7, 11) is 2.83. The van der Waals surface area contributed by atoms with Gasteiger partial charge in [0.05, 0.1) is 25.9 Å². The number of methoxy groups -OCH3 is 2. The van der Waals surface area contributed by atoms with Gasteiger partial charge < -0.3 is 50.8 Å². The molecule has 2 aliphatic heterocycles. The molecule has 6 rings (SSSR count). The number of nitrogen functional groups attached to an aromatic ring is 2. The number of ether oxygens (including phenoxy) is 4. The molecule has 6 heterocycles. The highest BCUT2D eigenvalue weighted by Gasteiger charge is 2.46. The number of hydrogen-bond donors (Lipinski definition) is 8. The number of fused-ring (bicyclic) bond motifs is 2. The Kier molecular flexibility index (Phi) is 8.21. The molecule has 42 heavy (non-hydrogen) atoms. The van der Waals surface area contributed by atoms with Crippen LogP contribution in [0.4, 0.5) is 11.9 Å². The monoisotopic (exact) mass is 594 g/mol. The van der Waals surface area contributed by atoms with Crippen LogP contribution in [0, 0.1) is 0 Å². The van der Waals surface area contributed by atoms with Crippen molar-refractivity contribution in [3.8, 4) is 0 Å². The third-order valence-electron chi connectivity index (χ3n) is 6.98. The fraction of sp³-hybridized carbons (Fsp3) is 0.545. The molecule has 10 N–H and O–H groups in total. The van der Waals surface area contributed by atoms with E-state index in [0.717, 1.165) is 0 Å². The summed E-state index contributed by atoms with van der Waals surface area (Å²) in [5.41, 5.74) is 10.8. The zero-order valence-electron chi connectivity index (χ0n) is 22.3. The van der Waals surface area contributed by atoms with Crippen LogP contribution < -0.4 is 22.6 Å². The number of hydrogen-bond acceptors (Lipinski definition) is 16. The summed E-state index contributed by atoms with van der Waals surface area (Å²) in [5.74, 6) is -0.110. The number of nitrogens with one attached hydrogen (secondary N) is 2. The Labute approximate surface area is 234 Å². The number of aliphatic hydroxyl groups excluding tert-OH is 4. The molecule has 20 heteroatoms. The van der Waals surface area contributed by atoms with E-state index < -0.39 is 60.2 Å². The second-order valence-corrected chi connectivity index (χ2v) is 9.43. The molecule has 20 nitrogen and oxygen atoms in total. The zero-order chi connectivity index (χ0) is 30.3. The Hall–Kier alpha value is -4.02. The summed E-state index contributed by atoms with van der Waals surface area (Å²) in [6, 6.07) is 0. The summed E-state index contributed by atoms with van der Waals surface area (Å²) in [6.45, 7) is -0.722. The summed E-state index contributed by atoms with van der Waals surface area (Å²) in [6.07, 6.45) is -3.92. The van der Waals surface area contributed by atoms with Crippen LogP contribution in [-0.2, 0) is 18.9 Å².